The Morgan fingerprint density at radius 3 is 2.75 bits per heavy atom. The predicted molar refractivity (Wildman–Crippen MR) is 70.0 cm³/mol. The molecule has 3 amide bonds. The van der Waals surface area contributed by atoms with Crippen molar-refractivity contribution in [3.63, 3.8) is 0 Å². The van der Waals surface area contributed by atoms with E-state index in [1.165, 1.54) is 12.0 Å². The number of ether oxygens (including phenoxy) is 1. The predicted octanol–water partition coefficient (Wildman–Crippen LogP) is -0.474. The molecule has 1 fully saturated rings. The van der Waals surface area contributed by atoms with Gasteiger partial charge in [0.15, 0.2) is 0 Å². The molecule has 1 saturated heterocycles. The Kier molecular flexibility index (Phi) is 6.23. The first-order chi connectivity index (χ1) is 9.47. The van der Waals surface area contributed by atoms with Crippen molar-refractivity contribution in [3.8, 4) is 0 Å². The highest BCUT2D eigenvalue weighted by atomic mass is 16.5. The molecule has 0 aromatic carbocycles. The van der Waals surface area contributed by atoms with Crippen LogP contribution in [0.25, 0.3) is 0 Å². The lowest BCUT2D eigenvalue weighted by Gasteiger charge is -2.24. The number of carbonyl (C=O) groups excluding carboxylic acids is 2. The van der Waals surface area contributed by atoms with Crippen molar-refractivity contribution in [3.05, 3.63) is 0 Å². The van der Waals surface area contributed by atoms with Crippen LogP contribution in [0.2, 0.25) is 0 Å². The number of likely N-dealkylation sites (tertiary alicyclic amines) is 1. The summed E-state index contributed by atoms with van der Waals surface area (Å²) in [5.74, 6) is -1.67. The number of amides is 3. The Bertz CT molecular complexity index is 374. The molecule has 1 aliphatic rings. The Hall–Kier alpha value is -1.83. The second kappa shape index (κ2) is 7.68. The van der Waals surface area contributed by atoms with E-state index in [1.807, 2.05) is 0 Å². The van der Waals surface area contributed by atoms with Crippen LogP contribution >= 0.6 is 0 Å². The molecule has 4 N–H and O–H groups in total. The summed E-state index contributed by atoms with van der Waals surface area (Å²) in [6.07, 6.45) is 1.99. The van der Waals surface area contributed by atoms with E-state index in [9.17, 15) is 14.4 Å². The maximum Gasteiger partial charge on any atom is 0.326 e. The molecule has 0 aliphatic carbocycles. The zero-order valence-electron chi connectivity index (χ0n) is 11.5. The van der Waals surface area contributed by atoms with Crippen LogP contribution in [0.5, 0.6) is 0 Å². The topological polar surface area (TPSA) is 122 Å². The standard InChI is InChI=1S/C12H21N3O5/c1-20-7-3-4-8(11(17)18)14-12(19)15-6-2-5-9(15)10(13)16/h8-9H,2-7H2,1H3,(H2,13,16)(H,14,19)(H,17,18). The second-order valence-electron chi connectivity index (χ2n) is 4.73. The summed E-state index contributed by atoms with van der Waals surface area (Å²) < 4.78 is 4.85. The number of nitrogens with one attached hydrogen (secondary N) is 1. The van der Waals surface area contributed by atoms with Gasteiger partial charge in [-0.05, 0) is 25.7 Å². The lowest BCUT2D eigenvalue weighted by Crippen LogP contribution is -2.52. The van der Waals surface area contributed by atoms with Crippen molar-refractivity contribution >= 4 is 17.9 Å². The number of urea groups is 1. The third-order valence-electron chi connectivity index (χ3n) is 3.28. The van der Waals surface area contributed by atoms with E-state index in [-0.39, 0.29) is 6.42 Å². The molecule has 1 heterocycles. The number of primary amides is 1. The number of nitrogens with two attached hydrogens (primary N) is 1. The van der Waals surface area contributed by atoms with Gasteiger partial charge in [-0.25, -0.2) is 9.59 Å². The minimum Gasteiger partial charge on any atom is -0.480 e. The lowest BCUT2D eigenvalue weighted by atomic mass is 10.1. The van der Waals surface area contributed by atoms with E-state index >= 15 is 0 Å². The summed E-state index contributed by atoms with van der Waals surface area (Å²) in [5, 5.41) is 11.5. The number of methoxy groups -OCH3 is 1. The number of carboxylic acids is 1. The van der Waals surface area contributed by atoms with Crippen molar-refractivity contribution in [1.29, 1.82) is 0 Å². The van der Waals surface area contributed by atoms with Crippen LogP contribution in [0.1, 0.15) is 25.7 Å². The Morgan fingerprint density at radius 1 is 1.50 bits per heavy atom. The molecular formula is C12H21N3O5. The number of hydrogen-bond acceptors (Lipinski definition) is 4. The minimum absolute atomic E-state index is 0.268. The van der Waals surface area contributed by atoms with Crippen molar-refractivity contribution in [2.45, 2.75) is 37.8 Å². The van der Waals surface area contributed by atoms with Gasteiger partial charge in [0.05, 0.1) is 0 Å². The fraction of sp³-hybridized carbons (Fsp3) is 0.750. The van der Waals surface area contributed by atoms with Gasteiger partial charge in [-0.2, -0.15) is 0 Å². The molecular weight excluding hydrogens is 266 g/mol. The SMILES string of the molecule is COCCCC(NC(=O)N1CCCC1C(N)=O)C(=O)O. The van der Waals surface area contributed by atoms with Crippen molar-refractivity contribution < 1.29 is 24.2 Å². The molecule has 0 aromatic rings. The van der Waals surface area contributed by atoms with E-state index in [2.05, 4.69) is 5.32 Å². The quantitative estimate of drug-likeness (QED) is 0.546. The average Bonchev–Trinajstić information content (AvgIpc) is 2.86. The van der Waals surface area contributed by atoms with Crippen LogP contribution in [-0.2, 0) is 14.3 Å². The molecule has 0 spiro atoms. The molecule has 20 heavy (non-hydrogen) atoms. The number of nitrogens with zero attached hydrogens (tertiary/aromatic N) is 1. The Balaban J connectivity index is 2.56. The maximum atomic E-state index is 12.0. The molecule has 0 bridgehead atoms. The van der Waals surface area contributed by atoms with Crippen molar-refractivity contribution in [2.75, 3.05) is 20.3 Å². The van der Waals surface area contributed by atoms with Gasteiger partial charge < -0.3 is 25.8 Å². The smallest absolute Gasteiger partial charge is 0.326 e. The summed E-state index contributed by atoms with van der Waals surface area (Å²) in [4.78, 5) is 35.6. The summed E-state index contributed by atoms with van der Waals surface area (Å²) >= 11 is 0. The van der Waals surface area contributed by atoms with Crippen LogP contribution in [0.4, 0.5) is 4.79 Å². The normalized spacial score (nSPS) is 19.6. The zero-order valence-corrected chi connectivity index (χ0v) is 11.5. The van der Waals surface area contributed by atoms with Gasteiger partial charge in [-0.15, -0.1) is 0 Å². The molecule has 0 aromatic heterocycles. The fourth-order valence-corrected chi connectivity index (χ4v) is 2.23. The van der Waals surface area contributed by atoms with Gasteiger partial charge in [0.1, 0.15) is 12.1 Å². The van der Waals surface area contributed by atoms with Gasteiger partial charge in [-0.3, -0.25) is 4.79 Å². The molecule has 0 saturated carbocycles. The molecule has 114 valence electrons. The first-order valence-corrected chi connectivity index (χ1v) is 6.55. The van der Waals surface area contributed by atoms with E-state index in [0.717, 1.165) is 0 Å². The number of aliphatic carboxylic acids is 1. The minimum atomic E-state index is -1.11. The monoisotopic (exact) mass is 287 g/mol. The largest absolute Gasteiger partial charge is 0.480 e. The molecule has 1 rings (SSSR count). The molecule has 8 heteroatoms. The van der Waals surface area contributed by atoms with Crippen LogP contribution in [0.3, 0.4) is 0 Å². The molecule has 8 nitrogen and oxygen atoms in total. The highest BCUT2D eigenvalue weighted by Crippen LogP contribution is 2.17. The fourth-order valence-electron chi connectivity index (χ4n) is 2.23. The molecule has 0 radical (unpaired) electrons. The summed E-state index contributed by atoms with van der Waals surface area (Å²) in [6, 6.07) is -2.20. The second-order valence-corrected chi connectivity index (χ2v) is 4.73. The zero-order chi connectivity index (χ0) is 15.1. The molecule has 1 aliphatic heterocycles. The third kappa shape index (κ3) is 4.37. The average molecular weight is 287 g/mol. The van der Waals surface area contributed by atoms with E-state index in [0.29, 0.717) is 32.4 Å². The van der Waals surface area contributed by atoms with E-state index in [1.54, 1.807) is 0 Å². The molecule has 2 atom stereocenters. The van der Waals surface area contributed by atoms with Gasteiger partial charge >= 0.3 is 12.0 Å². The van der Waals surface area contributed by atoms with Crippen LogP contribution in [-0.4, -0.2) is 60.3 Å². The Morgan fingerprint density at radius 2 is 2.20 bits per heavy atom. The van der Waals surface area contributed by atoms with E-state index in [4.69, 9.17) is 15.6 Å². The highest BCUT2D eigenvalue weighted by Gasteiger charge is 2.34. The third-order valence-corrected chi connectivity index (χ3v) is 3.28. The lowest BCUT2D eigenvalue weighted by molar-refractivity contribution is -0.139. The number of carbonyl (C=O) groups is 3. The first-order valence-electron chi connectivity index (χ1n) is 6.55. The van der Waals surface area contributed by atoms with Gasteiger partial charge in [-0.1, -0.05) is 0 Å². The Labute approximate surface area is 117 Å². The van der Waals surface area contributed by atoms with Gasteiger partial charge in [0, 0.05) is 20.3 Å². The summed E-state index contributed by atoms with van der Waals surface area (Å²) in [6.45, 7) is 0.830. The number of rotatable bonds is 7. The maximum absolute atomic E-state index is 12.0. The van der Waals surface area contributed by atoms with E-state index < -0.39 is 30.0 Å². The summed E-state index contributed by atoms with van der Waals surface area (Å²) in [5.41, 5.74) is 5.22. The van der Waals surface area contributed by atoms with Crippen LogP contribution < -0.4 is 11.1 Å². The first kappa shape index (κ1) is 16.2. The number of hydrogen-bond donors (Lipinski definition) is 3. The van der Waals surface area contributed by atoms with Gasteiger partial charge in [0.25, 0.3) is 0 Å². The molecule has 2 unspecified atom stereocenters. The van der Waals surface area contributed by atoms with Gasteiger partial charge in [0.2, 0.25) is 5.91 Å². The van der Waals surface area contributed by atoms with Crippen molar-refractivity contribution in [2.24, 2.45) is 5.73 Å². The number of carboxylic acid groups (broad SMARTS) is 1. The highest BCUT2D eigenvalue weighted by molar-refractivity contribution is 5.88. The summed E-state index contributed by atoms with van der Waals surface area (Å²) in [7, 11) is 1.52. The van der Waals surface area contributed by atoms with Crippen LogP contribution in [0, 0.1) is 0 Å². The van der Waals surface area contributed by atoms with Crippen LogP contribution in [0.15, 0.2) is 0 Å². The van der Waals surface area contributed by atoms with Crippen molar-refractivity contribution in [1.82, 2.24) is 10.2 Å².